The number of benzene rings is 2. The molecule has 2 rings (SSSR count). The van der Waals surface area contributed by atoms with Crippen LogP contribution in [0.5, 0.6) is 0 Å². The summed E-state index contributed by atoms with van der Waals surface area (Å²) in [4.78, 5) is 0. The van der Waals surface area contributed by atoms with Crippen LogP contribution >= 0.6 is 11.8 Å². The van der Waals surface area contributed by atoms with Crippen LogP contribution in [0.3, 0.4) is 0 Å². The Morgan fingerprint density at radius 2 is 1.95 bits per heavy atom. The molecule has 0 bridgehead atoms. The van der Waals surface area contributed by atoms with E-state index in [0.29, 0.717) is 6.04 Å². The summed E-state index contributed by atoms with van der Waals surface area (Å²) < 4.78 is 0. The number of anilines is 1. The minimum Gasteiger partial charge on any atom is -0.381 e. The average Bonchev–Trinajstić information content (AvgIpc) is 2.47. The van der Waals surface area contributed by atoms with Crippen LogP contribution in [0.4, 0.5) is 5.69 Å². The van der Waals surface area contributed by atoms with Gasteiger partial charge in [-0.05, 0) is 24.8 Å². The Kier molecular flexibility index (Phi) is 4.70. The van der Waals surface area contributed by atoms with Gasteiger partial charge in [-0.2, -0.15) is 17.0 Å². The van der Waals surface area contributed by atoms with Crippen molar-refractivity contribution in [3.05, 3.63) is 42.0 Å². The molecule has 1 atom stereocenters. The molecule has 2 nitrogen and oxygen atoms in total. The van der Waals surface area contributed by atoms with E-state index in [1.165, 1.54) is 0 Å². The SMILES string of the molecule is CCC(CSC)Nc1ccc(C#N)c2ccccc12. The van der Waals surface area contributed by atoms with Crippen LogP contribution in [-0.4, -0.2) is 18.1 Å². The van der Waals surface area contributed by atoms with Gasteiger partial charge in [-0.1, -0.05) is 31.2 Å². The Balaban J connectivity index is 2.42. The molecular weight excluding hydrogens is 252 g/mol. The molecule has 3 heteroatoms. The standard InChI is InChI=1S/C16H18N2S/c1-3-13(11-19-2)18-16-9-8-12(10-17)14-6-4-5-7-15(14)16/h4-9,13,18H,3,11H2,1-2H3. The zero-order valence-electron chi connectivity index (χ0n) is 11.3. The number of nitrogens with zero attached hydrogens (tertiary/aromatic N) is 1. The molecule has 0 saturated carbocycles. The first-order chi connectivity index (χ1) is 9.30. The number of nitriles is 1. The number of nitrogens with one attached hydrogen (secondary N) is 1. The number of fused-ring (bicyclic) bond motifs is 1. The third-order valence-electron chi connectivity index (χ3n) is 3.26. The number of rotatable bonds is 5. The maximum absolute atomic E-state index is 9.17. The summed E-state index contributed by atoms with van der Waals surface area (Å²) in [6, 6.07) is 14.7. The molecule has 2 aromatic carbocycles. The maximum atomic E-state index is 9.17. The van der Waals surface area contributed by atoms with Crippen molar-refractivity contribution in [2.75, 3.05) is 17.3 Å². The van der Waals surface area contributed by atoms with Gasteiger partial charge in [0.2, 0.25) is 0 Å². The summed E-state index contributed by atoms with van der Waals surface area (Å²) in [6.45, 7) is 2.19. The molecule has 0 spiro atoms. The van der Waals surface area contributed by atoms with Gasteiger partial charge in [0.25, 0.3) is 0 Å². The maximum Gasteiger partial charge on any atom is 0.0998 e. The first kappa shape index (κ1) is 13.8. The van der Waals surface area contributed by atoms with Crippen molar-refractivity contribution in [3.8, 4) is 6.07 Å². The highest BCUT2D eigenvalue weighted by molar-refractivity contribution is 7.98. The molecule has 19 heavy (non-hydrogen) atoms. The Hall–Kier alpha value is -1.66. The van der Waals surface area contributed by atoms with Gasteiger partial charge >= 0.3 is 0 Å². The molecular formula is C16H18N2S. The van der Waals surface area contributed by atoms with Crippen molar-refractivity contribution in [2.24, 2.45) is 0 Å². The quantitative estimate of drug-likeness (QED) is 0.881. The van der Waals surface area contributed by atoms with E-state index in [9.17, 15) is 0 Å². The lowest BCUT2D eigenvalue weighted by atomic mass is 10.0. The minimum atomic E-state index is 0.464. The Morgan fingerprint density at radius 3 is 2.58 bits per heavy atom. The Bertz CT molecular complexity index is 601. The van der Waals surface area contributed by atoms with E-state index in [2.05, 4.69) is 30.6 Å². The summed E-state index contributed by atoms with van der Waals surface area (Å²) >= 11 is 1.85. The van der Waals surface area contributed by atoms with E-state index in [-0.39, 0.29) is 0 Å². The van der Waals surface area contributed by atoms with Crippen molar-refractivity contribution in [1.82, 2.24) is 0 Å². The molecule has 1 unspecified atom stereocenters. The topological polar surface area (TPSA) is 35.8 Å². The second-order valence-electron chi connectivity index (χ2n) is 4.52. The van der Waals surface area contributed by atoms with Gasteiger partial charge in [-0.15, -0.1) is 0 Å². The molecule has 0 aromatic heterocycles. The average molecular weight is 270 g/mol. The third-order valence-corrected chi connectivity index (χ3v) is 4.00. The van der Waals surface area contributed by atoms with Gasteiger partial charge in [0.1, 0.15) is 0 Å². The Labute approximate surface area is 118 Å². The van der Waals surface area contributed by atoms with Crippen molar-refractivity contribution < 1.29 is 0 Å². The van der Waals surface area contributed by atoms with E-state index in [1.807, 2.05) is 42.1 Å². The summed E-state index contributed by atoms with van der Waals surface area (Å²) in [6.07, 6.45) is 3.22. The summed E-state index contributed by atoms with van der Waals surface area (Å²) in [7, 11) is 0. The van der Waals surface area contributed by atoms with Gasteiger partial charge in [0, 0.05) is 28.3 Å². The molecule has 0 amide bonds. The molecule has 0 aliphatic rings. The number of hydrogen-bond donors (Lipinski definition) is 1. The van der Waals surface area contributed by atoms with Crippen molar-refractivity contribution in [3.63, 3.8) is 0 Å². The molecule has 0 radical (unpaired) electrons. The number of hydrogen-bond acceptors (Lipinski definition) is 3. The summed E-state index contributed by atoms with van der Waals surface area (Å²) in [5, 5.41) is 14.9. The van der Waals surface area contributed by atoms with Gasteiger partial charge in [-0.25, -0.2) is 0 Å². The van der Waals surface area contributed by atoms with E-state index in [0.717, 1.165) is 34.2 Å². The van der Waals surface area contributed by atoms with E-state index in [4.69, 9.17) is 5.26 Å². The van der Waals surface area contributed by atoms with Crippen LogP contribution in [0, 0.1) is 11.3 Å². The van der Waals surface area contributed by atoms with Crippen LogP contribution < -0.4 is 5.32 Å². The second-order valence-corrected chi connectivity index (χ2v) is 5.43. The van der Waals surface area contributed by atoms with Gasteiger partial charge in [-0.3, -0.25) is 0 Å². The van der Waals surface area contributed by atoms with Crippen LogP contribution in [-0.2, 0) is 0 Å². The largest absolute Gasteiger partial charge is 0.381 e. The molecule has 2 aromatic rings. The van der Waals surface area contributed by atoms with Crippen molar-refractivity contribution in [1.29, 1.82) is 5.26 Å². The molecule has 0 aliphatic carbocycles. The van der Waals surface area contributed by atoms with E-state index in [1.54, 1.807) is 0 Å². The first-order valence-corrected chi connectivity index (χ1v) is 7.86. The first-order valence-electron chi connectivity index (χ1n) is 6.47. The van der Waals surface area contributed by atoms with Crippen molar-refractivity contribution >= 4 is 28.2 Å². The lowest BCUT2D eigenvalue weighted by Crippen LogP contribution is -2.21. The lowest BCUT2D eigenvalue weighted by molar-refractivity contribution is 0.776. The molecule has 0 heterocycles. The molecule has 1 N–H and O–H groups in total. The van der Waals surface area contributed by atoms with Gasteiger partial charge in [0.05, 0.1) is 11.6 Å². The van der Waals surface area contributed by atoms with E-state index < -0.39 is 0 Å². The minimum absolute atomic E-state index is 0.464. The predicted molar refractivity (Wildman–Crippen MR) is 84.7 cm³/mol. The second kappa shape index (κ2) is 6.49. The fourth-order valence-electron chi connectivity index (χ4n) is 2.21. The lowest BCUT2D eigenvalue weighted by Gasteiger charge is -2.19. The smallest absolute Gasteiger partial charge is 0.0998 e. The van der Waals surface area contributed by atoms with Crippen LogP contribution in [0.15, 0.2) is 36.4 Å². The van der Waals surface area contributed by atoms with Gasteiger partial charge in [0.15, 0.2) is 0 Å². The highest BCUT2D eigenvalue weighted by Gasteiger charge is 2.09. The van der Waals surface area contributed by atoms with Gasteiger partial charge < -0.3 is 5.32 Å². The third kappa shape index (κ3) is 3.02. The van der Waals surface area contributed by atoms with Crippen LogP contribution in [0.2, 0.25) is 0 Å². The molecule has 0 aliphatic heterocycles. The fraction of sp³-hybridized carbons (Fsp3) is 0.312. The van der Waals surface area contributed by atoms with Crippen LogP contribution in [0.25, 0.3) is 10.8 Å². The monoisotopic (exact) mass is 270 g/mol. The Morgan fingerprint density at radius 1 is 1.21 bits per heavy atom. The highest BCUT2D eigenvalue weighted by atomic mass is 32.2. The van der Waals surface area contributed by atoms with Crippen molar-refractivity contribution in [2.45, 2.75) is 19.4 Å². The fourth-order valence-corrected chi connectivity index (χ4v) is 2.93. The van der Waals surface area contributed by atoms with Crippen LogP contribution in [0.1, 0.15) is 18.9 Å². The number of thioether (sulfide) groups is 1. The highest BCUT2D eigenvalue weighted by Crippen LogP contribution is 2.27. The zero-order chi connectivity index (χ0) is 13.7. The normalized spacial score (nSPS) is 12.1. The molecule has 98 valence electrons. The summed E-state index contributed by atoms with van der Waals surface area (Å²) in [5.74, 6) is 1.09. The van der Waals surface area contributed by atoms with E-state index >= 15 is 0 Å². The summed E-state index contributed by atoms with van der Waals surface area (Å²) in [5.41, 5.74) is 1.86. The predicted octanol–water partition coefficient (Wildman–Crippen LogP) is 4.26. The molecule has 0 saturated heterocycles. The zero-order valence-corrected chi connectivity index (χ0v) is 12.1. The molecule has 0 fully saturated rings.